The smallest absolute Gasteiger partial charge is 0.317 e. The quantitative estimate of drug-likeness (QED) is 0.589. The first-order valence-electron chi connectivity index (χ1n) is 7.45. The first-order valence-corrected chi connectivity index (χ1v) is 7.45. The number of hydrogen-bond acceptors (Lipinski definition) is 8. The van der Waals surface area contributed by atoms with Crippen molar-refractivity contribution >= 4 is 17.2 Å². The Bertz CT molecular complexity index is 1280. The highest BCUT2D eigenvalue weighted by Gasteiger charge is 2.21. The van der Waals surface area contributed by atoms with Crippen LogP contribution in [-0.2, 0) is 13.0 Å². The van der Waals surface area contributed by atoms with E-state index in [9.17, 15) is 5.26 Å². The van der Waals surface area contributed by atoms with E-state index in [1.807, 2.05) is 12.1 Å². The lowest BCUT2D eigenvalue weighted by molar-refractivity contribution is 0.928. The monoisotopic (exact) mass is 363 g/mol. The van der Waals surface area contributed by atoms with Gasteiger partial charge in [0.05, 0.1) is 23.9 Å². The van der Waals surface area contributed by atoms with E-state index in [0.717, 1.165) is 0 Å². The summed E-state index contributed by atoms with van der Waals surface area (Å²) in [5.74, 6) is -0.273. The van der Waals surface area contributed by atoms with Gasteiger partial charge in [-0.15, -0.1) is 9.97 Å². The molecule has 0 radical (unpaired) electrons. The van der Waals surface area contributed by atoms with Crippen LogP contribution in [0.2, 0.25) is 0 Å². The first kappa shape index (κ1) is 17.8. The normalized spacial score (nSPS) is 10.8. The molecule has 0 fully saturated rings. The van der Waals surface area contributed by atoms with Gasteiger partial charge in [-0.2, -0.15) is 20.5 Å². The second-order valence-electron chi connectivity index (χ2n) is 5.09. The van der Waals surface area contributed by atoms with Gasteiger partial charge in [-0.05, 0) is 6.07 Å². The molecule has 3 heterocycles. The van der Waals surface area contributed by atoms with Crippen LogP contribution in [0.4, 0.5) is 11.6 Å². The molecule has 11 nitrogen and oxygen atoms in total. The minimum absolute atomic E-state index is 0.0189. The van der Waals surface area contributed by atoms with Crippen molar-refractivity contribution in [3.63, 3.8) is 0 Å². The molecule has 0 atom stereocenters. The van der Waals surface area contributed by atoms with Crippen LogP contribution >= 0.6 is 0 Å². The molecule has 0 saturated heterocycles. The van der Waals surface area contributed by atoms with E-state index in [-0.39, 0.29) is 58.5 Å². The SMILES string of the molecule is [C-]#[N+]Cc1nc(CC#N)cc(C(C#N)=C2N=c3nc([N+]#[C-])c([N+]#[C-])nc3=N2)n1. The van der Waals surface area contributed by atoms with Crippen molar-refractivity contribution in [2.75, 3.05) is 0 Å². The summed E-state index contributed by atoms with van der Waals surface area (Å²) in [6, 6.07) is 5.36. The molecule has 0 aliphatic carbocycles. The average molecular weight is 363 g/mol. The molecule has 11 heteroatoms. The molecule has 28 heavy (non-hydrogen) atoms. The maximum atomic E-state index is 9.61. The van der Waals surface area contributed by atoms with Gasteiger partial charge in [0.25, 0.3) is 18.2 Å². The Hall–Kier alpha value is -5.05. The summed E-state index contributed by atoms with van der Waals surface area (Å²) in [4.78, 5) is 33.9. The van der Waals surface area contributed by atoms with Crippen LogP contribution in [0.5, 0.6) is 0 Å². The molecule has 1 aliphatic rings. The van der Waals surface area contributed by atoms with E-state index in [2.05, 4.69) is 44.5 Å². The summed E-state index contributed by atoms with van der Waals surface area (Å²) in [6.45, 7) is 21.0. The Morgan fingerprint density at radius 2 is 1.61 bits per heavy atom. The molecule has 0 unspecified atom stereocenters. The van der Waals surface area contributed by atoms with Gasteiger partial charge in [0, 0.05) is 0 Å². The standard InChI is InChI=1S/C17H5N11/c1-20-8-12-23-9(4-5-18)6-11(24-12)10(7-19)13-25-16-17(26-13)28-15(22-3)14(21-2)27-16/h6H,4,8H2. The number of allylic oxidation sites excluding steroid dienone is 1. The van der Waals surface area contributed by atoms with Crippen LogP contribution in [0.25, 0.3) is 20.1 Å². The Morgan fingerprint density at radius 3 is 2.11 bits per heavy atom. The van der Waals surface area contributed by atoms with Crippen molar-refractivity contribution in [2.24, 2.45) is 9.98 Å². The van der Waals surface area contributed by atoms with Crippen LogP contribution in [0.1, 0.15) is 17.2 Å². The van der Waals surface area contributed by atoms with Crippen LogP contribution in [0.3, 0.4) is 0 Å². The van der Waals surface area contributed by atoms with Crippen molar-refractivity contribution in [1.82, 2.24) is 19.9 Å². The maximum Gasteiger partial charge on any atom is 0.317 e. The van der Waals surface area contributed by atoms with Gasteiger partial charge >= 0.3 is 11.0 Å². The summed E-state index contributed by atoms with van der Waals surface area (Å²) in [5.41, 5.74) is 0.536. The molecule has 128 valence electrons. The second-order valence-corrected chi connectivity index (χ2v) is 5.09. The summed E-state index contributed by atoms with van der Waals surface area (Å²) >= 11 is 0. The highest BCUT2D eigenvalue weighted by molar-refractivity contribution is 5.77. The van der Waals surface area contributed by atoms with Crippen molar-refractivity contribution < 1.29 is 0 Å². The van der Waals surface area contributed by atoms with E-state index in [1.54, 1.807) is 0 Å². The fraction of sp³-hybridized carbons (Fsp3) is 0.118. The van der Waals surface area contributed by atoms with E-state index in [1.165, 1.54) is 6.07 Å². The molecular formula is C17H5N11. The van der Waals surface area contributed by atoms with E-state index < -0.39 is 0 Å². The Balaban J connectivity index is 2.23. The summed E-state index contributed by atoms with van der Waals surface area (Å²) in [5, 5.41) is 18.5. The van der Waals surface area contributed by atoms with Crippen LogP contribution in [0.15, 0.2) is 21.9 Å². The Morgan fingerprint density at radius 1 is 0.964 bits per heavy atom. The number of hydrogen-bond donors (Lipinski definition) is 0. The van der Waals surface area contributed by atoms with E-state index in [4.69, 9.17) is 25.0 Å². The molecule has 1 aliphatic heterocycles. The van der Waals surface area contributed by atoms with Crippen LogP contribution in [-0.4, -0.2) is 19.9 Å². The third kappa shape index (κ3) is 3.21. The van der Waals surface area contributed by atoms with Gasteiger partial charge < -0.3 is 14.5 Å². The van der Waals surface area contributed by atoms with Gasteiger partial charge in [-0.3, -0.25) is 0 Å². The third-order valence-electron chi connectivity index (χ3n) is 3.36. The number of rotatable bonds is 3. The van der Waals surface area contributed by atoms with Gasteiger partial charge in [0.2, 0.25) is 5.82 Å². The molecule has 0 saturated carbocycles. The zero-order valence-corrected chi connectivity index (χ0v) is 13.9. The number of aromatic nitrogens is 4. The van der Waals surface area contributed by atoms with E-state index >= 15 is 0 Å². The number of nitrogens with zero attached hydrogens (tertiary/aromatic N) is 11. The van der Waals surface area contributed by atoms with Gasteiger partial charge in [-0.25, -0.2) is 16.5 Å². The summed E-state index contributed by atoms with van der Waals surface area (Å²) in [7, 11) is 0. The zero-order valence-electron chi connectivity index (χ0n) is 13.9. The molecular weight excluding hydrogens is 358 g/mol. The van der Waals surface area contributed by atoms with Crippen molar-refractivity contribution in [3.05, 3.63) is 74.3 Å². The van der Waals surface area contributed by atoms with Crippen molar-refractivity contribution in [1.29, 1.82) is 10.5 Å². The number of fused-ring (bicyclic) bond motifs is 1. The predicted molar refractivity (Wildman–Crippen MR) is 91.1 cm³/mol. The highest BCUT2D eigenvalue weighted by atomic mass is 15.1. The Kier molecular flexibility index (Phi) is 4.73. The van der Waals surface area contributed by atoms with Crippen LogP contribution in [0, 0.1) is 42.4 Å². The predicted octanol–water partition coefficient (Wildman–Crippen LogP) is 0.999. The minimum Gasteiger partial charge on any atom is -0.370 e. The molecule has 0 spiro atoms. The van der Waals surface area contributed by atoms with E-state index in [0.29, 0.717) is 5.69 Å². The minimum atomic E-state index is -0.204. The lowest BCUT2D eigenvalue weighted by Gasteiger charge is -2.03. The fourth-order valence-electron chi connectivity index (χ4n) is 2.25. The topological polar surface area (TPSA) is 137 Å². The molecule has 0 bridgehead atoms. The number of nitriles is 2. The molecule has 2 aromatic rings. The van der Waals surface area contributed by atoms with Crippen LogP contribution < -0.4 is 11.0 Å². The second kappa shape index (κ2) is 7.45. The average Bonchev–Trinajstić information content (AvgIpc) is 3.10. The lowest BCUT2D eigenvalue weighted by Crippen LogP contribution is -2.28. The largest absolute Gasteiger partial charge is 0.370 e. The first-order chi connectivity index (χ1) is 13.6. The molecule has 0 amide bonds. The van der Waals surface area contributed by atoms with Gasteiger partial charge in [-0.1, -0.05) is 13.1 Å². The molecule has 2 aromatic heterocycles. The highest BCUT2D eigenvalue weighted by Crippen LogP contribution is 2.22. The van der Waals surface area contributed by atoms with Gasteiger partial charge in [0.15, 0.2) is 5.82 Å². The van der Waals surface area contributed by atoms with Crippen molar-refractivity contribution in [2.45, 2.75) is 13.0 Å². The van der Waals surface area contributed by atoms with Crippen molar-refractivity contribution in [3.8, 4) is 12.1 Å². The lowest BCUT2D eigenvalue weighted by atomic mass is 10.1. The third-order valence-corrected chi connectivity index (χ3v) is 3.36. The molecule has 3 rings (SSSR count). The summed E-state index contributed by atoms with van der Waals surface area (Å²) in [6.07, 6.45) is -0.0189. The molecule has 0 aromatic carbocycles. The molecule has 0 N–H and O–H groups in total. The maximum absolute atomic E-state index is 9.61. The summed E-state index contributed by atoms with van der Waals surface area (Å²) < 4.78 is 0. The zero-order chi connectivity index (χ0) is 20.1. The van der Waals surface area contributed by atoms with Gasteiger partial charge in [0.1, 0.15) is 11.6 Å². The fourth-order valence-corrected chi connectivity index (χ4v) is 2.25. The Labute approximate surface area is 157 Å².